The minimum atomic E-state index is 0.205. The molecule has 0 saturated heterocycles. The first-order chi connectivity index (χ1) is 17.1. The summed E-state index contributed by atoms with van der Waals surface area (Å²) < 4.78 is 6.38. The van der Waals surface area contributed by atoms with Gasteiger partial charge in [0.2, 0.25) is 0 Å². The smallest absolute Gasteiger partial charge is 0.142 e. The topological polar surface area (TPSA) is 71.9 Å². The van der Waals surface area contributed by atoms with Crippen LogP contribution < -0.4 is 10.5 Å². The zero-order valence-corrected chi connectivity index (χ0v) is 19.9. The van der Waals surface area contributed by atoms with Crippen molar-refractivity contribution in [2.45, 2.75) is 13.5 Å². The summed E-state index contributed by atoms with van der Waals surface area (Å²) in [6.07, 6.45) is 0. The lowest BCUT2D eigenvalue weighted by Crippen LogP contribution is -2.05. The molecular formula is C30H22ClN3O. The van der Waals surface area contributed by atoms with Crippen molar-refractivity contribution in [3.05, 3.63) is 113 Å². The molecule has 0 radical (unpaired) electrons. The molecule has 0 aliphatic heterocycles. The summed E-state index contributed by atoms with van der Waals surface area (Å²) in [5, 5.41) is 12.9. The highest BCUT2D eigenvalue weighted by Gasteiger charge is 2.24. The van der Waals surface area contributed by atoms with Crippen molar-refractivity contribution in [1.29, 1.82) is 5.26 Å². The van der Waals surface area contributed by atoms with Gasteiger partial charge in [0.15, 0.2) is 0 Å². The maximum Gasteiger partial charge on any atom is 0.142 e. The molecule has 0 amide bonds. The molecule has 5 aromatic rings. The van der Waals surface area contributed by atoms with Gasteiger partial charge < -0.3 is 10.5 Å². The van der Waals surface area contributed by atoms with Crippen molar-refractivity contribution in [3.63, 3.8) is 0 Å². The van der Waals surface area contributed by atoms with Crippen LogP contribution in [0.15, 0.2) is 91.0 Å². The number of hydrogen-bond acceptors (Lipinski definition) is 4. The second-order valence-electron chi connectivity index (χ2n) is 8.26. The van der Waals surface area contributed by atoms with Gasteiger partial charge in [-0.2, -0.15) is 5.26 Å². The molecule has 0 spiro atoms. The van der Waals surface area contributed by atoms with Crippen LogP contribution in [-0.4, -0.2) is 4.98 Å². The normalized spacial score (nSPS) is 10.8. The lowest BCUT2D eigenvalue weighted by Gasteiger charge is -2.21. The molecule has 0 unspecified atom stereocenters. The van der Waals surface area contributed by atoms with Crippen LogP contribution in [0.25, 0.3) is 33.0 Å². The number of benzene rings is 4. The number of pyridine rings is 1. The molecule has 0 fully saturated rings. The van der Waals surface area contributed by atoms with Crippen molar-refractivity contribution in [1.82, 2.24) is 4.98 Å². The molecule has 0 saturated carbocycles. The highest BCUT2D eigenvalue weighted by molar-refractivity contribution is 6.30. The van der Waals surface area contributed by atoms with E-state index in [9.17, 15) is 5.26 Å². The van der Waals surface area contributed by atoms with E-state index in [-0.39, 0.29) is 5.82 Å². The summed E-state index contributed by atoms with van der Waals surface area (Å²) in [7, 11) is 0. The second kappa shape index (κ2) is 9.50. The molecule has 4 aromatic carbocycles. The molecule has 5 rings (SSSR count). The Bertz CT molecular complexity index is 1570. The average molecular weight is 476 g/mol. The maximum atomic E-state index is 10.2. The van der Waals surface area contributed by atoms with E-state index in [1.807, 2.05) is 97.9 Å². The third kappa shape index (κ3) is 4.30. The zero-order chi connectivity index (χ0) is 24.4. The van der Waals surface area contributed by atoms with E-state index < -0.39 is 0 Å². The Labute approximate surface area is 209 Å². The van der Waals surface area contributed by atoms with Crippen LogP contribution in [0.3, 0.4) is 0 Å². The first-order valence-electron chi connectivity index (χ1n) is 11.2. The van der Waals surface area contributed by atoms with Gasteiger partial charge in [-0.3, -0.25) is 0 Å². The van der Waals surface area contributed by atoms with Crippen molar-refractivity contribution in [3.8, 4) is 34.1 Å². The number of halogens is 1. The Balaban J connectivity index is 1.80. The standard InChI is InChI=1S/C30H22ClN3O/c1-19-27(22-8-3-2-4-9-22)29(25(17-32)30(33)34-19)28-24-10-6-5-7-21(24)13-16-26(28)35-18-20-11-14-23(31)15-12-20/h2-16H,18H2,1H3,(H2,33,34). The number of nitrogens with two attached hydrogens (primary N) is 1. The molecule has 1 heterocycles. The summed E-state index contributed by atoms with van der Waals surface area (Å²) >= 11 is 6.05. The first-order valence-corrected chi connectivity index (χ1v) is 11.6. The summed E-state index contributed by atoms with van der Waals surface area (Å²) in [6.45, 7) is 2.27. The summed E-state index contributed by atoms with van der Waals surface area (Å²) in [6, 6.07) is 31.9. The van der Waals surface area contributed by atoms with Gasteiger partial charge in [-0.25, -0.2) is 4.98 Å². The van der Waals surface area contributed by atoms with Crippen LogP contribution >= 0.6 is 11.6 Å². The summed E-state index contributed by atoms with van der Waals surface area (Å²) in [4.78, 5) is 4.52. The number of anilines is 1. The van der Waals surface area contributed by atoms with Crippen molar-refractivity contribution >= 4 is 28.2 Å². The van der Waals surface area contributed by atoms with Crippen LogP contribution in [0, 0.1) is 18.3 Å². The van der Waals surface area contributed by atoms with E-state index in [2.05, 4.69) is 11.1 Å². The number of nitriles is 1. The zero-order valence-electron chi connectivity index (χ0n) is 19.1. The Morgan fingerprint density at radius 2 is 1.57 bits per heavy atom. The van der Waals surface area contributed by atoms with E-state index >= 15 is 0 Å². The van der Waals surface area contributed by atoms with Crippen molar-refractivity contribution in [2.24, 2.45) is 0 Å². The molecule has 0 aliphatic rings. The van der Waals surface area contributed by atoms with Crippen LogP contribution in [-0.2, 0) is 6.61 Å². The van der Waals surface area contributed by atoms with Gasteiger partial charge in [0.05, 0.1) is 0 Å². The van der Waals surface area contributed by atoms with Gasteiger partial charge in [0, 0.05) is 27.4 Å². The van der Waals surface area contributed by atoms with Gasteiger partial charge in [-0.1, -0.05) is 84.4 Å². The average Bonchev–Trinajstić information content (AvgIpc) is 2.88. The molecule has 0 atom stereocenters. The monoisotopic (exact) mass is 475 g/mol. The Morgan fingerprint density at radius 3 is 2.31 bits per heavy atom. The van der Waals surface area contributed by atoms with Gasteiger partial charge in [0.25, 0.3) is 0 Å². The number of aryl methyl sites for hydroxylation is 1. The van der Waals surface area contributed by atoms with Gasteiger partial charge in [-0.15, -0.1) is 0 Å². The SMILES string of the molecule is Cc1nc(N)c(C#N)c(-c2c(OCc3ccc(Cl)cc3)ccc3ccccc23)c1-c1ccccc1. The lowest BCUT2D eigenvalue weighted by atomic mass is 9.87. The van der Waals surface area contributed by atoms with E-state index in [1.165, 1.54) is 0 Å². The largest absolute Gasteiger partial charge is 0.488 e. The lowest BCUT2D eigenvalue weighted by molar-refractivity contribution is 0.308. The predicted octanol–water partition coefficient (Wildman–Crippen LogP) is 7.56. The molecule has 170 valence electrons. The van der Waals surface area contributed by atoms with Crippen LogP contribution in [0.5, 0.6) is 5.75 Å². The molecule has 2 N–H and O–H groups in total. The van der Waals surface area contributed by atoms with Gasteiger partial charge >= 0.3 is 0 Å². The molecule has 35 heavy (non-hydrogen) atoms. The predicted molar refractivity (Wildman–Crippen MR) is 142 cm³/mol. The van der Waals surface area contributed by atoms with E-state index in [0.29, 0.717) is 22.9 Å². The second-order valence-corrected chi connectivity index (χ2v) is 8.70. The number of nitrogens with zero attached hydrogens (tertiary/aromatic N) is 2. The van der Waals surface area contributed by atoms with Crippen LogP contribution in [0.1, 0.15) is 16.8 Å². The Kier molecular flexibility index (Phi) is 6.10. The number of fused-ring (bicyclic) bond motifs is 1. The molecule has 1 aromatic heterocycles. The molecule has 5 heteroatoms. The number of nitrogen functional groups attached to an aromatic ring is 1. The quantitative estimate of drug-likeness (QED) is 0.284. The molecule has 4 nitrogen and oxygen atoms in total. The fourth-order valence-electron chi connectivity index (χ4n) is 4.42. The summed E-state index contributed by atoms with van der Waals surface area (Å²) in [5.41, 5.74) is 11.8. The van der Waals surface area contributed by atoms with E-state index in [1.54, 1.807) is 0 Å². The Morgan fingerprint density at radius 1 is 0.857 bits per heavy atom. The maximum absolute atomic E-state index is 10.2. The van der Waals surface area contributed by atoms with Crippen molar-refractivity contribution < 1.29 is 4.74 Å². The van der Waals surface area contributed by atoms with Crippen LogP contribution in [0.4, 0.5) is 5.82 Å². The van der Waals surface area contributed by atoms with Gasteiger partial charge in [-0.05, 0) is 47.0 Å². The third-order valence-electron chi connectivity index (χ3n) is 6.03. The number of rotatable bonds is 5. The minimum Gasteiger partial charge on any atom is -0.488 e. The van der Waals surface area contributed by atoms with Crippen LogP contribution in [0.2, 0.25) is 5.02 Å². The molecular weight excluding hydrogens is 454 g/mol. The fraction of sp³-hybridized carbons (Fsp3) is 0.0667. The van der Waals surface area contributed by atoms with Gasteiger partial charge in [0.1, 0.15) is 29.8 Å². The molecule has 0 bridgehead atoms. The van der Waals surface area contributed by atoms with E-state index in [0.717, 1.165) is 44.3 Å². The highest BCUT2D eigenvalue weighted by Crippen LogP contribution is 2.46. The first kappa shape index (κ1) is 22.5. The Hall–Kier alpha value is -4.33. The summed E-state index contributed by atoms with van der Waals surface area (Å²) in [5.74, 6) is 0.869. The number of hydrogen-bond donors (Lipinski definition) is 1. The minimum absolute atomic E-state index is 0.205. The number of ether oxygens (including phenoxy) is 1. The number of aromatic nitrogens is 1. The fourth-order valence-corrected chi connectivity index (χ4v) is 4.55. The highest BCUT2D eigenvalue weighted by atomic mass is 35.5. The third-order valence-corrected chi connectivity index (χ3v) is 6.28. The van der Waals surface area contributed by atoms with E-state index in [4.69, 9.17) is 22.1 Å². The molecule has 0 aliphatic carbocycles. The van der Waals surface area contributed by atoms with Crippen molar-refractivity contribution in [2.75, 3.05) is 5.73 Å².